The van der Waals surface area contributed by atoms with Crippen LogP contribution in [0.2, 0.25) is 5.02 Å². The zero-order valence-electron chi connectivity index (χ0n) is 12.7. The lowest BCUT2D eigenvalue weighted by molar-refractivity contribution is -0.120. The Bertz CT molecular complexity index is 899. The first-order valence-electron chi connectivity index (χ1n) is 7.38. The Labute approximate surface area is 143 Å². The van der Waals surface area contributed by atoms with E-state index >= 15 is 0 Å². The van der Waals surface area contributed by atoms with E-state index in [1.807, 2.05) is 42.5 Å². The van der Waals surface area contributed by atoms with Gasteiger partial charge in [-0.2, -0.15) is 5.10 Å². The molecule has 0 saturated heterocycles. The molecule has 0 fully saturated rings. The number of rotatable bonds is 4. The van der Waals surface area contributed by atoms with Crippen LogP contribution in [0.25, 0.3) is 10.8 Å². The number of amides is 1. The monoisotopic (exact) mass is 340 g/mol. The van der Waals surface area contributed by atoms with E-state index in [1.165, 1.54) is 18.3 Å². The molecule has 3 nitrogen and oxygen atoms in total. The molecule has 0 spiro atoms. The molecule has 1 N–H and O–H groups in total. The summed E-state index contributed by atoms with van der Waals surface area (Å²) in [6.45, 7) is 0. The van der Waals surface area contributed by atoms with Gasteiger partial charge in [0.05, 0.1) is 17.7 Å². The topological polar surface area (TPSA) is 41.5 Å². The number of fused-ring (bicyclic) bond motifs is 1. The van der Waals surface area contributed by atoms with Crippen molar-refractivity contribution < 1.29 is 9.18 Å². The number of halogens is 2. The van der Waals surface area contributed by atoms with Gasteiger partial charge >= 0.3 is 0 Å². The zero-order chi connectivity index (χ0) is 16.9. The normalized spacial score (nSPS) is 11.1. The second kappa shape index (κ2) is 7.23. The number of hydrogen-bond donors (Lipinski definition) is 1. The highest BCUT2D eigenvalue weighted by molar-refractivity contribution is 6.33. The van der Waals surface area contributed by atoms with Crippen LogP contribution in [0.15, 0.2) is 65.8 Å². The molecule has 0 aliphatic heterocycles. The maximum atomic E-state index is 13.6. The van der Waals surface area contributed by atoms with Crippen molar-refractivity contribution in [3.05, 3.63) is 82.6 Å². The third kappa shape index (κ3) is 3.60. The van der Waals surface area contributed by atoms with Crippen molar-refractivity contribution >= 4 is 34.5 Å². The van der Waals surface area contributed by atoms with E-state index in [4.69, 9.17) is 11.6 Å². The molecule has 0 aliphatic carbocycles. The highest BCUT2D eigenvalue weighted by atomic mass is 35.5. The number of hydrazone groups is 1. The summed E-state index contributed by atoms with van der Waals surface area (Å²) >= 11 is 5.90. The van der Waals surface area contributed by atoms with Crippen molar-refractivity contribution in [3.8, 4) is 0 Å². The SMILES string of the molecule is O=C(Cc1cccc2ccccc12)N/N=C/c1c(F)cccc1Cl. The molecule has 0 heterocycles. The molecule has 0 unspecified atom stereocenters. The molecule has 5 heteroatoms. The van der Waals surface area contributed by atoms with Gasteiger partial charge in [-0.25, -0.2) is 9.82 Å². The van der Waals surface area contributed by atoms with Crippen LogP contribution in [0, 0.1) is 5.82 Å². The van der Waals surface area contributed by atoms with Crippen LogP contribution < -0.4 is 5.43 Å². The minimum Gasteiger partial charge on any atom is -0.273 e. The zero-order valence-corrected chi connectivity index (χ0v) is 13.4. The predicted octanol–water partition coefficient (Wildman–Crippen LogP) is 4.33. The second-order valence-electron chi connectivity index (χ2n) is 5.24. The van der Waals surface area contributed by atoms with Crippen LogP contribution in [0.5, 0.6) is 0 Å². The van der Waals surface area contributed by atoms with Gasteiger partial charge in [-0.3, -0.25) is 4.79 Å². The summed E-state index contributed by atoms with van der Waals surface area (Å²) in [4.78, 5) is 12.1. The molecular weight excluding hydrogens is 327 g/mol. The van der Waals surface area contributed by atoms with Gasteiger partial charge in [0.15, 0.2) is 0 Å². The van der Waals surface area contributed by atoms with E-state index in [2.05, 4.69) is 10.5 Å². The first-order valence-corrected chi connectivity index (χ1v) is 7.75. The standard InChI is InChI=1S/C19H14ClFN2O/c20-17-9-4-10-18(21)16(17)12-22-23-19(24)11-14-7-3-6-13-5-1-2-8-15(13)14/h1-10,12H,11H2,(H,23,24)/b22-12+. The van der Waals surface area contributed by atoms with E-state index in [0.29, 0.717) is 0 Å². The number of carbonyl (C=O) groups is 1. The molecule has 0 saturated carbocycles. The summed E-state index contributed by atoms with van der Waals surface area (Å²) in [5.74, 6) is -0.774. The Morgan fingerprint density at radius 2 is 1.83 bits per heavy atom. The van der Waals surface area contributed by atoms with Crippen LogP contribution >= 0.6 is 11.6 Å². The van der Waals surface area contributed by atoms with E-state index < -0.39 is 5.82 Å². The Morgan fingerprint density at radius 1 is 1.08 bits per heavy atom. The average Bonchev–Trinajstić information content (AvgIpc) is 2.58. The van der Waals surface area contributed by atoms with Gasteiger partial charge in [0.2, 0.25) is 5.91 Å². The Kier molecular flexibility index (Phi) is 4.87. The molecule has 3 aromatic carbocycles. The summed E-state index contributed by atoms with van der Waals surface area (Å²) < 4.78 is 13.6. The summed E-state index contributed by atoms with van der Waals surface area (Å²) in [6.07, 6.45) is 1.39. The Morgan fingerprint density at radius 3 is 2.67 bits per heavy atom. The molecule has 0 aromatic heterocycles. The quantitative estimate of drug-likeness (QED) is 0.557. The molecule has 120 valence electrons. The number of hydrogen-bond acceptors (Lipinski definition) is 2. The van der Waals surface area contributed by atoms with Gasteiger partial charge in [0, 0.05) is 5.56 Å². The first-order chi connectivity index (χ1) is 11.6. The van der Waals surface area contributed by atoms with Crippen molar-refractivity contribution in [3.63, 3.8) is 0 Å². The highest BCUT2D eigenvalue weighted by Gasteiger charge is 2.07. The minimum absolute atomic E-state index is 0.143. The minimum atomic E-state index is -0.491. The molecule has 0 aliphatic rings. The molecule has 0 atom stereocenters. The van der Waals surface area contributed by atoms with Crippen LogP contribution in [-0.4, -0.2) is 12.1 Å². The summed E-state index contributed by atoms with van der Waals surface area (Å²) in [5, 5.41) is 6.13. The molecule has 24 heavy (non-hydrogen) atoms. The summed E-state index contributed by atoms with van der Waals surface area (Å²) in [6, 6.07) is 18.0. The van der Waals surface area contributed by atoms with Gasteiger partial charge in [0.1, 0.15) is 5.82 Å². The van der Waals surface area contributed by atoms with Gasteiger partial charge in [-0.05, 0) is 28.5 Å². The van der Waals surface area contributed by atoms with Crippen molar-refractivity contribution in [2.24, 2.45) is 5.10 Å². The average molecular weight is 341 g/mol. The van der Waals surface area contributed by atoms with Crippen molar-refractivity contribution in [1.82, 2.24) is 5.43 Å². The lowest BCUT2D eigenvalue weighted by Gasteiger charge is -2.05. The van der Waals surface area contributed by atoms with Gasteiger partial charge in [-0.1, -0.05) is 60.1 Å². The molecule has 3 rings (SSSR count). The summed E-state index contributed by atoms with van der Waals surface area (Å²) in [7, 11) is 0. The van der Waals surface area contributed by atoms with Gasteiger partial charge < -0.3 is 0 Å². The Balaban J connectivity index is 1.71. The van der Waals surface area contributed by atoms with E-state index in [0.717, 1.165) is 16.3 Å². The lowest BCUT2D eigenvalue weighted by atomic mass is 10.0. The molecule has 0 radical (unpaired) electrons. The van der Waals surface area contributed by atoms with E-state index in [9.17, 15) is 9.18 Å². The predicted molar refractivity (Wildman–Crippen MR) is 94.8 cm³/mol. The number of nitrogens with zero attached hydrogens (tertiary/aromatic N) is 1. The lowest BCUT2D eigenvalue weighted by Crippen LogP contribution is -2.20. The van der Waals surface area contributed by atoms with Crippen LogP contribution in [0.1, 0.15) is 11.1 Å². The Hall–Kier alpha value is -2.72. The third-order valence-electron chi connectivity index (χ3n) is 3.61. The van der Waals surface area contributed by atoms with Crippen LogP contribution in [0.4, 0.5) is 4.39 Å². The van der Waals surface area contributed by atoms with Crippen molar-refractivity contribution in [2.45, 2.75) is 6.42 Å². The van der Waals surface area contributed by atoms with Crippen molar-refractivity contribution in [1.29, 1.82) is 0 Å². The number of benzene rings is 3. The fraction of sp³-hybridized carbons (Fsp3) is 0.0526. The van der Waals surface area contributed by atoms with Gasteiger partial charge in [0.25, 0.3) is 0 Å². The maximum absolute atomic E-state index is 13.6. The fourth-order valence-corrected chi connectivity index (χ4v) is 2.67. The highest BCUT2D eigenvalue weighted by Crippen LogP contribution is 2.19. The number of carbonyl (C=O) groups excluding carboxylic acids is 1. The summed E-state index contributed by atoms with van der Waals surface area (Å²) in [5.41, 5.74) is 3.45. The third-order valence-corrected chi connectivity index (χ3v) is 3.94. The molecular formula is C19H14ClFN2O. The molecule has 1 amide bonds. The van der Waals surface area contributed by atoms with Gasteiger partial charge in [-0.15, -0.1) is 0 Å². The first kappa shape index (κ1) is 16.1. The van der Waals surface area contributed by atoms with Crippen LogP contribution in [-0.2, 0) is 11.2 Å². The number of nitrogens with one attached hydrogen (secondary N) is 1. The van der Waals surface area contributed by atoms with Crippen LogP contribution in [0.3, 0.4) is 0 Å². The van der Waals surface area contributed by atoms with E-state index in [-0.39, 0.29) is 22.9 Å². The smallest absolute Gasteiger partial charge is 0.244 e. The molecule has 3 aromatic rings. The fourth-order valence-electron chi connectivity index (χ4n) is 2.46. The second-order valence-corrected chi connectivity index (χ2v) is 5.65. The van der Waals surface area contributed by atoms with Crippen molar-refractivity contribution in [2.75, 3.05) is 0 Å². The van der Waals surface area contributed by atoms with E-state index in [1.54, 1.807) is 6.07 Å². The molecule has 0 bridgehead atoms. The maximum Gasteiger partial charge on any atom is 0.244 e. The largest absolute Gasteiger partial charge is 0.273 e.